The predicted molar refractivity (Wildman–Crippen MR) is 118 cm³/mol. The molecule has 156 valence electrons. The molecule has 2 aromatic rings. The normalized spacial score (nSPS) is 15.7. The molecule has 0 spiro atoms. The lowest BCUT2D eigenvalue weighted by molar-refractivity contribution is -0.139. The van der Waals surface area contributed by atoms with Gasteiger partial charge < -0.3 is 10.2 Å². The first kappa shape index (κ1) is 21.5. The molecule has 2 amide bonds. The van der Waals surface area contributed by atoms with Crippen molar-refractivity contribution in [1.82, 2.24) is 9.88 Å². The quantitative estimate of drug-likeness (QED) is 0.691. The minimum atomic E-state index is -0.213. The molecule has 5 nitrogen and oxygen atoms in total. The van der Waals surface area contributed by atoms with Crippen LogP contribution in [0.1, 0.15) is 67.5 Å². The van der Waals surface area contributed by atoms with Crippen LogP contribution in [0.15, 0.2) is 30.3 Å². The standard InChI is InChI=1S/C23H31N3O2S/c1-4-20(18-11-7-5-8-12-18)22(28)26(19-13-9-6-10-14-19)15-21(27)25-23-24-16(2)17(3)29-23/h5,7-8,11-12,19-20H,4,6,9-10,13-15H2,1-3H3,(H,24,25,27). The number of hydrogen-bond donors (Lipinski definition) is 1. The van der Waals surface area contributed by atoms with Crippen LogP contribution in [-0.2, 0) is 9.59 Å². The Hall–Kier alpha value is -2.21. The monoisotopic (exact) mass is 413 g/mol. The molecule has 0 bridgehead atoms. The molecule has 1 N–H and O–H groups in total. The second kappa shape index (κ2) is 10.0. The highest BCUT2D eigenvalue weighted by molar-refractivity contribution is 7.15. The fourth-order valence-corrected chi connectivity index (χ4v) is 4.89. The maximum absolute atomic E-state index is 13.6. The van der Waals surface area contributed by atoms with E-state index in [2.05, 4.69) is 10.3 Å². The van der Waals surface area contributed by atoms with Crippen molar-refractivity contribution in [2.24, 2.45) is 0 Å². The maximum Gasteiger partial charge on any atom is 0.245 e. The molecule has 1 fully saturated rings. The third-order valence-corrected chi connectivity index (χ3v) is 6.78. The van der Waals surface area contributed by atoms with E-state index in [9.17, 15) is 9.59 Å². The molecule has 1 aromatic heterocycles. The van der Waals surface area contributed by atoms with Crippen molar-refractivity contribution in [3.05, 3.63) is 46.5 Å². The first-order valence-electron chi connectivity index (χ1n) is 10.6. The lowest BCUT2D eigenvalue weighted by Crippen LogP contribution is -2.47. The molecule has 6 heteroatoms. The summed E-state index contributed by atoms with van der Waals surface area (Å²) in [5, 5.41) is 3.51. The number of benzene rings is 1. The zero-order valence-electron chi connectivity index (χ0n) is 17.6. The van der Waals surface area contributed by atoms with E-state index >= 15 is 0 Å². The minimum Gasteiger partial charge on any atom is -0.330 e. The zero-order valence-corrected chi connectivity index (χ0v) is 18.4. The van der Waals surface area contributed by atoms with Crippen molar-refractivity contribution in [3.8, 4) is 0 Å². The van der Waals surface area contributed by atoms with E-state index in [0.717, 1.165) is 48.2 Å². The summed E-state index contributed by atoms with van der Waals surface area (Å²) in [5.41, 5.74) is 1.95. The van der Waals surface area contributed by atoms with Crippen molar-refractivity contribution in [1.29, 1.82) is 0 Å². The number of carbonyl (C=O) groups is 2. The summed E-state index contributed by atoms with van der Waals surface area (Å²) in [6, 6.07) is 10.1. The van der Waals surface area contributed by atoms with Crippen LogP contribution >= 0.6 is 11.3 Å². The average molecular weight is 414 g/mol. The van der Waals surface area contributed by atoms with Gasteiger partial charge in [-0.2, -0.15) is 0 Å². The van der Waals surface area contributed by atoms with E-state index in [1.807, 2.05) is 56.0 Å². The molecule has 1 aliphatic carbocycles. The second-order valence-electron chi connectivity index (χ2n) is 7.84. The summed E-state index contributed by atoms with van der Waals surface area (Å²) in [4.78, 5) is 33.7. The van der Waals surface area contributed by atoms with Crippen molar-refractivity contribution >= 4 is 28.3 Å². The zero-order chi connectivity index (χ0) is 20.8. The highest BCUT2D eigenvalue weighted by atomic mass is 32.1. The van der Waals surface area contributed by atoms with Crippen LogP contribution in [0.25, 0.3) is 0 Å². The molecule has 1 saturated carbocycles. The van der Waals surface area contributed by atoms with Crippen molar-refractivity contribution in [2.45, 2.75) is 71.3 Å². The largest absolute Gasteiger partial charge is 0.330 e. The van der Waals surface area contributed by atoms with Crippen LogP contribution in [0.2, 0.25) is 0 Å². The van der Waals surface area contributed by atoms with Gasteiger partial charge in [0.25, 0.3) is 0 Å². The number of amides is 2. The number of hydrogen-bond acceptors (Lipinski definition) is 4. The van der Waals surface area contributed by atoms with Crippen LogP contribution in [0.5, 0.6) is 0 Å². The highest BCUT2D eigenvalue weighted by Crippen LogP contribution is 2.28. The molecule has 0 saturated heterocycles. The molecular weight excluding hydrogens is 382 g/mol. The van der Waals surface area contributed by atoms with E-state index < -0.39 is 0 Å². The third-order valence-electron chi connectivity index (χ3n) is 5.80. The van der Waals surface area contributed by atoms with Gasteiger partial charge in [-0.15, -0.1) is 11.3 Å². The van der Waals surface area contributed by atoms with Crippen molar-refractivity contribution < 1.29 is 9.59 Å². The number of thiazole rings is 1. The fourth-order valence-electron chi connectivity index (χ4n) is 4.06. The number of nitrogens with zero attached hydrogens (tertiary/aromatic N) is 2. The van der Waals surface area contributed by atoms with Crippen LogP contribution in [0.3, 0.4) is 0 Å². The topological polar surface area (TPSA) is 62.3 Å². The van der Waals surface area contributed by atoms with Crippen LogP contribution in [0, 0.1) is 13.8 Å². The Kier molecular flexibility index (Phi) is 7.42. The maximum atomic E-state index is 13.6. The lowest BCUT2D eigenvalue weighted by Gasteiger charge is -2.36. The third kappa shape index (κ3) is 5.44. The Morgan fingerprint density at radius 3 is 2.45 bits per heavy atom. The summed E-state index contributed by atoms with van der Waals surface area (Å²) >= 11 is 1.47. The molecule has 1 atom stereocenters. The average Bonchev–Trinajstić information content (AvgIpc) is 3.04. The van der Waals surface area contributed by atoms with Crippen LogP contribution < -0.4 is 5.32 Å². The Morgan fingerprint density at radius 2 is 1.86 bits per heavy atom. The van der Waals surface area contributed by atoms with Gasteiger partial charge in [0.05, 0.1) is 11.6 Å². The van der Waals surface area contributed by atoms with Crippen LogP contribution in [-0.4, -0.2) is 34.3 Å². The van der Waals surface area contributed by atoms with Gasteiger partial charge in [0.2, 0.25) is 11.8 Å². The molecule has 0 aliphatic heterocycles. The summed E-state index contributed by atoms with van der Waals surface area (Å²) in [6.07, 6.45) is 6.10. The van der Waals surface area contributed by atoms with E-state index in [4.69, 9.17) is 0 Å². The van der Waals surface area contributed by atoms with Crippen molar-refractivity contribution in [3.63, 3.8) is 0 Å². The first-order chi connectivity index (χ1) is 14.0. The second-order valence-corrected chi connectivity index (χ2v) is 9.04. The Balaban J connectivity index is 1.77. The molecule has 1 heterocycles. The van der Waals surface area contributed by atoms with Gasteiger partial charge in [0.15, 0.2) is 5.13 Å². The number of nitrogens with one attached hydrogen (secondary N) is 1. The van der Waals surface area contributed by atoms with Gasteiger partial charge in [-0.25, -0.2) is 4.98 Å². The molecule has 1 unspecified atom stereocenters. The van der Waals surface area contributed by atoms with Crippen molar-refractivity contribution in [2.75, 3.05) is 11.9 Å². The molecule has 1 aromatic carbocycles. The van der Waals surface area contributed by atoms with Gasteiger partial charge in [-0.1, -0.05) is 56.5 Å². The molecular formula is C23H31N3O2S. The summed E-state index contributed by atoms with van der Waals surface area (Å²) in [7, 11) is 0. The molecule has 29 heavy (non-hydrogen) atoms. The molecule has 3 rings (SSSR count). The van der Waals surface area contributed by atoms with Gasteiger partial charge >= 0.3 is 0 Å². The number of aromatic nitrogens is 1. The first-order valence-corrected chi connectivity index (χ1v) is 11.4. The van der Waals surface area contributed by atoms with Gasteiger partial charge in [0, 0.05) is 10.9 Å². The fraction of sp³-hybridized carbons (Fsp3) is 0.522. The number of rotatable bonds is 7. The predicted octanol–water partition coefficient (Wildman–Crippen LogP) is 5.05. The molecule has 1 aliphatic rings. The Bertz CT molecular complexity index is 808. The number of aryl methyl sites for hydroxylation is 2. The van der Waals surface area contributed by atoms with Gasteiger partial charge in [-0.3, -0.25) is 9.59 Å². The van der Waals surface area contributed by atoms with Gasteiger partial charge in [-0.05, 0) is 38.7 Å². The van der Waals surface area contributed by atoms with E-state index in [-0.39, 0.29) is 30.3 Å². The van der Waals surface area contributed by atoms with E-state index in [1.165, 1.54) is 17.8 Å². The lowest BCUT2D eigenvalue weighted by atomic mass is 9.90. The Morgan fingerprint density at radius 1 is 1.17 bits per heavy atom. The van der Waals surface area contributed by atoms with E-state index in [0.29, 0.717) is 5.13 Å². The number of carbonyl (C=O) groups excluding carboxylic acids is 2. The summed E-state index contributed by atoms with van der Waals surface area (Å²) in [6.45, 7) is 6.05. The smallest absolute Gasteiger partial charge is 0.245 e. The highest BCUT2D eigenvalue weighted by Gasteiger charge is 2.32. The Labute approximate surface area is 177 Å². The summed E-state index contributed by atoms with van der Waals surface area (Å²) in [5.74, 6) is -0.317. The molecule has 0 radical (unpaired) electrons. The van der Waals surface area contributed by atoms with Crippen LogP contribution in [0.4, 0.5) is 5.13 Å². The minimum absolute atomic E-state index is 0.0623. The summed E-state index contributed by atoms with van der Waals surface area (Å²) < 4.78 is 0. The number of anilines is 1. The van der Waals surface area contributed by atoms with E-state index in [1.54, 1.807) is 0 Å². The van der Waals surface area contributed by atoms with Gasteiger partial charge in [0.1, 0.15) is 6.54 Å². The SMILES string of the molecule is CCC(C(=O)N(CC(=O)Nc1nc(C)c(C)s1)C1CCCCC1)c1ccccc1.